The van der Waals surface area contributed by atoms with Gasteiger partial charge in [0, 0.05) is 0 Å². The van der Waals surface area contributed by atoms with Crippen LogP contribution in [0, 0.1) is 0 Å². The van der Waals surface area contributed by atoms with Gasteiger partial charge < -0.3 is 0 Å². The molecule has 0 aromatic heterocycles. The molecule has 0 radical (unpaired) electrons. The van der Waals surface area contributed by atoms with Crippen molar-refractivity contribution in [3.63, 3.8) is 0 Å². The van der Waals surface area contributed by atoms with Crippen molar-refractivity contribution in [2.45, 2.75) is 103 Å². The first-order valence-electron chi connectivity index (χ1n) is 8.38. The van der Waals surface area contributed by atoms with Gasteiger partial charge in [-0.3, -0.25) is 0 Å². The average Bonchev–Trinajstić information content (AvgIpc) is 2.39. The van der Waals surface area contributed by atoms with Gasteiger partial charge >= 0.3 is 0 Å². The van der Waals surface area contributed by atoms with Crippen LogP contribution in [-0.4, -0.2) is 6.71 Å². The largest absolute Gasteiger partial charge is 0.143 e. The molecule has 2 saturated heterocycles. The lowest BCUT2D eigenvalue weighted by atomic mass is 9.31. The topological polar surface area (TPSA) is 0 Å². The summed E-state index contributed by atoms with van der Waals surface area (Å²) in [6, 6.07) is 0. The average molecular weight is 236 g/mol. The summed E-state index contributed by atoms with van der Waals surface area (Å²) in [5.41, 5.74) is 0. The van der Waals surface area contributed by atoms with Crippen molar-refractivity contribution in [1.29, 1.82) is 0 Å². The monoisotopic (exact) mass is 236 g/mol. The van der Waals surface area contributed by atoms with Crippen LogP contribution in [0.15, 0.2) is 0 Å². The van der Waals surface area contributed by atoms with Crippen LogP contribution in [0.5, 0.6) is 0 Å². The molecule has 0 aliphatic carbocycles. The molecular weight excluding hydrogens is 203 g/mol. The van der Waals surface area contributed by atoms with Crippen LogP contribution in [0.4, 0.5) is 0 Å². The molecule has 2 aliphatic rings. The maximum absolute atomic E-state index is 2.55. The highest BCUT2D eigenvalue weighted by Gasteiger charge is 2.31. The zero-order valence-electron chi connectivity index (χ0n) is 12.5. The Morgan fingerprint density at radius 1 is 0.588 bits per heavy atom. The highest BCUT2D eigenvalue weighted by Crippen LogP contribution is 2.42. The fourth-order valence-electron chi connectivity index (χ4n) is 3.89. The predicted molar refractivity (Wildman–Crippen MR) is 81.3 cm³/mol. The molecule has 0 aromatic rings. The zero-order chi connectivity index (χ0) is 12.5. The van der Waals surface area contributed by atoms with Crippen LogP contribution in [0.2, 0.25) is 18.5 Å². The van der Waals surface area contributed by atoms with Crippen molar-refractivity contribution >= 4 is 6.71 Å². The first-order chi connectivity index (χ1) is 8.38. The highest BCUT2D eigenvalue weighted by atomic mass is 14.2. The maximum atomic E-state index is 2.55. The molecule has 2 aliphatic heterocycles. The molecule has 2 bridgehead atoms. The summed E-state index contributed by atoms with van der Waals surface area (Å²) in [7, 11) is 0. The molecule has 0 aromatic carbocycles. The minimum Gasteiger partial charge on any atom is -0.0856 e. The summed E-state index contributed by atoms with van der Waals surface area (Å²) >= 11 is 0. The van der Waals surface area contributed by atoms with Crippen molar-refractivity contribution in [2.24, 2.45) is 0 Å². The standard InChI is InChI=1S/C14H27B.C2H6/c1-15-13-9-6-4-2-3-5-7-10-14(15)12-8-11-13;1-2/h13-14H,2-12H2,1H3;1-2H3/t13-,14+;. The Morgan fingerprint density at radius 3 is 1.41 bits per heavy atom. The Kier molecular flexibility index (Phi) is 8.06. The molecule has 1 heteroatoms. The Morgan fingerprint density at radius 2 is 0.941 bits per heavy atom. The second-order valence-corrected chi connectivity index (χ2v) is 6.01. The minimum absolute atomic E-state index is 1.04. The van der Waals surface area contributed by atoms with Gasteiger partial charge in [-0.1, -0.05) is 103 Å². The normalized spacial score (nSPS) is 30.9. The van der Waals surface area contributed by atoms with Crippen molar-refractivity contribution in [3.05, 3.63) is 0 Å². The summed E-state index contributed by atoms with van der Waals surface area (Å²) < 4.78 is 0. The van der Waals surface area contributed by atoms with Gasteiger partial charge in [0.15, 0.2) is 0 Å². The second-order valence-electron chi connectivity index (χ2n) is 6.01. The molecule has 0 unspecified atom stereocenters. The Balaban J connectivity index is 0.000000686. The molecule has 0 saturated carbocycles. The molecule has 100 valence electrons. The first kappa shape index (κ1) is 15.1. The quantitative estimate of drug-likeness (QED) is 0.439. The minimum atomic E-state index is 1.04. The molecule has 0 spiro atoms. The molecule has 17 heavy (non-hydrogen) atoms. The van der Waals surface area contributed by atoms with E-state index in [4.69, 9.17) is 0 Å². The molecule has 2 atom stereocenters. The third kappa shape index (κ3) is 5.06. The van der Waals surface area contributed by atoms with Gasteiger partial charge in [-0.15, -0.1) is 0 Å². The molecule has 0 amide bonds. The summed E-state index contributed by atoms with van der Waals surface area (Å²) in [5, 5.41) is 0. The van der Waals surface area contributed by atoms with E-state index < -0.39 is 0 Å². The SMILES string of the molecule is CB1[C@@H]2CCCCCCCC[C@H]1CCC2.CC. The Bertz CT molecular complexity index is 160. The van der Waals surface area contributed by atoms with Gasteiger partial charge in [-0.25, -0.2) is 0 Å². The van der Waals surface area contributed by atoms with E-state index in [9.17, 15) is 0 Å². The first-order valence-corrected chi connectivity index (χ1v) is 8.38. The highest BCUT2D eigenvalue weighted by molar-refractivity contribution is 6.60. The molecule has 0 nitrogen and oxygen atoms in total. The fourth-order valence-corrected chi connectivity index (χ4v) is 3.89. The molecule has 2 rings (SSSR count). The van der Waals surface area contributed by atoms with E-state index in [2.05, 4.69) is 6.82 Å². The molecule has 2 fully saturated rings. The molecule has 0 N–H and O–H groups in total. The number of fused-ring (bicyclic) bond motifs is 2. The summed E-state index contributed by atoms with van der Waals surface area (Å²) in [6.45, 7) is 7.59. The third-order valence-electron chi connectivity index (χ3n) is 5.04. The number of hydrogen-bond acceptors (Lipinski definition) is 0. The van der Waals surface area contributed by atoms with E-state index in [1.54, 1.807) is 0 Å². The van der Waals surface area contributed by atoms with Crippen LogP contribution in [-0.2, 0) is 0 Å². The lowest BCUT2D eigenvalue weighted by molar-refractivity contribution is 0.503. The number of rotatable bonds is 0. The van der Waals surface area contributed by atoms with Gasteiger partial charge in [-0.05, 0) is 0 Å². The summed E-state index contributed by atoms with van der Waals surface area (Å²) in [4.78, 5) is 0. The van der Waals surface area contributed by atoms with Crippen LogP contribution < -0.4 is 0 Å². The van der Waals surface area contributed by atoms with Crippen molar-refractivity contribution < 1.29 is 0 Å². The second kappa shape index (κ2) is 9.06. The van der Waals surface area contributed by atoms with Gasteiger partial charge in [0.05, 0.1) is 0 Å². The maximum Gasteiger partial charge on any atom is 0.143 e. The van der Waals surface area contributed by atoms with E-state index in [-0.39, 0.29) is 0 Å². The van der Waals surface area contributed by atoms with Crippen molar-refractivity contribution in [1.82, 2.24) is 0 Å². The van der Waals surface area contributed by atoms with Crippen molar-refractivity contribution in [2.75, 3.05) is 0 Å². The fraction of sp³-hybridized carbons (Fsp3) is 1.00. The van der Waals surface area contributed by atoms with E-state index in [0.29, 0.717) is 0 Å². The van der Waals surface area contributed by atoms with Crippen LogP contribution >= 0.6 is 0 Å². The predicted octanol–water partition coefficient (Wildman–Crippen LogP) is 6.20. The van der Waals surface area contributed by atoms with Gasteiger partial charge in [0.2, 0.25) is 0 Å². The van der Waals surface area contributed by atoms with Gasteiger partial charge in [0.1, 0.15) is 6.71 Å². The van der Waals surface area contributed by atoms with E-state index in [0.717, 1.165) is 18.3 Å². The Hall–Kier alpha value is 0.0649. The van der Waals surface area contributed by atoms with Gasteiger partial charge in [-0.2, -0.15) is 0 Å². The van der Waals surface area contributed by atoms with E-state index >= 15 is 0 Å². The van der Waals surface area contributed by atoms with E-state index in [1.165, 1.54) is 70.6 Å². The van der Waals surface area contributed by atoms with Gasteiger partial charge in [0.25, 0.3) is 0 Å². The summed E-state index contributed by atoms with van der Waals surface area (Å²) in [5.74, 6) is 2.17. The Labute approximate surface area is 110 Å². The molecular formula is C16H33B. The van der Waals surface area contributed by atoms with Crippen LogP contribution in [0.25, 0.3) is 0 Å². The smallest absolute Gasteiger partial charge is 0.0856 e. The zero-order valence-corrected chi connectivity index (χ0v) is 12.5. The van der Waals surface area contributed by atoms with E-state index in [1.807, 2.05) is 13.8 Å². The van der Waals surface area contributed by atoms with Crippen LogP contribution in [0.1, 0.15) is 84.5 Å². The third-order valence-corrected chi connectivity index (χ3v) is 5.04. The lowest BCUT2D eigenvalue weighted by Gasteiger charge is -2.34. The lowest BCUT2D eigenvalue weighted by Crippen LogP contribution is -2.27. The number of hydrogen-bond donors (Lipinski definition) is 0. The van der Waals surface area contributed by atoms with Crippen LogP contribution in [0.3, 0.4) is 0 Å². The summed E-state index contributed by atoms with van der Waals surface area (Å²) in [6.07, 6.45) is 16.7. The van der Waals surface area contributed by atoms with Crippen molar-refractivity contribution in [3.8, 4) is 0 Å². The molecule has 2 heterocycles.